The predicted octanol–water partition coefficient (Wildman–Crippen LogP) is 7.85. The summed E-state index contributed by atoms with van der Waals surface area (Å²) >= 11 is 4.08. The number of carbonyl (C=O) groups is 1. The van der Waals surface area contributed by atoms with Gasteiger partial charge in [0.2, 0.25) is 0 Å². The van der Waals surface area contributed by atoms with Gasteiger partial charge in [-0.1, -0.05) is 40.2 Å². The number of benzene rings is 3. The minimum Gasteiger partial charge on any atom is -0.478 e. The third-order valence-electron chi connectivity index (χ3n) is 5.72. The molecule has 7 nitrogen and oxygen atoms in total. The second-order valence-electron chi connectivity index (χ2n) is 8.43. The van der Waals surface area contributed by atoms with E-state index in [0.717, 1.165) is 29.5 Å². The Hall–Kier alpha value is -3.16. The maximum atomic E-state index is 14.3. The van der Waals surface area contributed by atoms with Gasteiger partial charge >= 0.3 is 25.4 Å². The topological polar surface area (TPSA) is 111 Å². The van der Waals surface area contributed by atoms with Gasteiger partial charge < -0.3 is 19.8 Å². The molecule has 0 fully saturated rings. The van der Waals surface area contributed by atoms with E-state index in [1.165, 1.54) is 36.4 Å². The summed E-state index contributed by atoms with van der Waals surface area (Å²) in [5, 5.41) is 11.1. The number of halogens is 6. The number of aromatic nitrogens is 1. The number of hydrogen-bond acceptors (Lipinski definition) is 5. The number of carboxylic acids is 1. The second kappa shape index (κ2) is 11.0. The third-order valence-corrected chi connectivity index (χ3v) is 8.21. The molecule has 0 aliphatic heterocycles. The molecule has 0 aliphatic rings. The van der Waals surface area contributed by atoms with Crippen LogP contribution in [0.15, 0.2) is 76.6 Å². The van der Waals surface area contributed by atoms with E-state index in [0.29, 0.717) is 27.6 Å². The van der Waals surface area contributed by atoms with Crippen LogP contribution in [-0.4, -0.2) is 25.8 Å². The van der Waals surface area contributed by atoms with Crippen molar-refractivity contribution in [3.63, 3.8) is 0 Å². The van der Waals surface area contributed by atoms with Crippen molar-refractivity contribution in [1.82, 2.24) is 4.98 Å². The van der Waals surface area contributed by atoms with E-state index in [-0.39, 0.29) is 16.6 Å². The van der Waals surface area contributed by atoms with Crippen LogP contribution in [-0.2, 0) is 22.9 Å². The third kappa shape index (κ3) is 6.26. The van der Waals surface area contributed by atoms with Gasteiger partial charge in [0.05, 0.1) is 23.4 Å². The number of thiazole rings is 1. The van der Waals surface area contributed by atoms with Crippen molar-refractivity contribution in [2.45, 2.75) is 18.4 Å². The van der Waals surface area contributed by atoms with Crippen molar-refractivity contribution < 1.29 is 46.2 Å². The molecule has 0 saturated heterocycles. The molecule has 4 aromatic rings. The first-order valence-electron chi connectivity index (χ1n) is 11.0. The van der Waals surface area contributed by atoms with Crippen LogP contribution >= 0.6 is 34.9 Å². The normalized spacial score (nSPS) is 12.4. The molecule has 15 heteroatoms. The monoisotopic (exact) mass is 662 g/mol. The predicted molar refractivity (Wildman–Crippen MR) is 142 cm³/mol. The van der Waals surface area contributed by atoms with Gasteiger partial charge in [-0.05, 0) is 48.0 Å². The van der Waals surface area contributed by atoms with Crippen LogP contribution < -0.4 is 4.90 Å². The Morgan fingerprint density at radius 3 is 2.12 bits per heavy atom. The molecule has 1 heterocycles. The smallest absolute Gasteiger partial charge is 0.416 e. The SMILES string of the molecule is O=C(O)c1ccc(-c2csc(N(Cc3ccc(C(F)(F)P(=O)(O)O)c(Br)c3)c3ccc(C(F)(F)F)cc3)n2)cc1. The first kappa shape index (κ1) is 29.8. The number of nitrogens with zero attached hydrogens (tertiary/aromatic N) is 2. The summed E-state index contributed by atoms with van der Waals surface area (Å²) < 4.78 is 79.0. The zero-order valence-corrected chi connectivity index (χ0v) is 23.1. The zero-order valence-electron chi connectivity index (χ0n) is 19.8. The molecule has 0 unspecified atom stereocenters. The van der Waals surface area contributed by atoms with Gasteiger partial charge in [-0.25, -0.2) is 9.78 Å². The summed E-state index contributed by atoms with van der Waals surface area (Å²) in [4.78, 5) is 35.4. The summed E-state index contributed by atoms with van der Waals surface area (Å²) in [6, 6.07) is 13.5. The van der Waals surface area contributed by atoms with Crippen LogP contribution in [0.5, 0.6) is 0 Å². The van der Waals surface area contributed by atoms with Gasteiger partial charge in [-0.15, -0.1) is 11.3 Å². The average molecular weight is 663 g/mol. The molecule has 0 bridgehead atoms. The number of aromatic carboxylic acids is 1. The van der Waals surface area contributed by atoms with E-state index in [2.05, 4.69) is 20.9 Å². The number of hydrogen-bond donors (Lipinski definition) is 3. The lowest BCUT2D eigenvalue weighted by Crippen LogP contribution is -2.18. The van der Waals surface area contributed by atoms with Crippen LogP contribution in [0, 0.1) is 0 Å². The van der Waals surface area contributed by atoms with E-state index < -0.39 is 36.5 Å². The largest absolute Gasteiger partial charge is 0.478 e. The molecule has 40 heavy (non-hydrogen) atoms. The molecule has 4 rings (SSSR count). The van der Waals surface area contributed by atoms with Gasteiger partial charge in [0.25, 0.3) is 0 Å². The number of anilines is 2. The van der Waals surface area contributed by atoms with Gasteiger partial charge in [-0.3, -0.25) is 4.57 Å². The highest BCUT2D eigenvalue weighted by Gasteiger charge is 2.51. The zero-order chi connectivity index (χ0) is 29.5. The van der Waals surface area contributed by atoms with E-state index in [4.69, 9.17) is 14.9 Å². The van der Waals surface area contributed by atoms with E-state index in [9.17, 15) is 31.3 Å². The first-order chi connectivity index (χ1) is 18.6. The van der Waals surface area contributed by atoms with Crippen LogP contribution in [0.4, 0.5) is 32.8 Å². The van der Waals surface area contributed by atoms with Crippen molar-refractivity contribution in [3.8, 4) is 11.3 Å². The van der Waals surface area contributed by atoms with Crippen LogP contribution in [0.1, 0.15) is 27.0 Å². The van der Waals surface area contributed by atoms with Crippen LogP contribution in [0.25, 0.3) is 11.3 Å². The fourth-order valence-corrected chi connectivity index (χ4v) is 5.84. The van der Waals surface area contributed by atoms with Gasteiger partial charge in [0, 0.05) is 26.7 Å². The highest BCUT2D eigenvalue weighted by atomic mass is 79.9. The molecule has 0 aliphatic carbocycles. The molecule has 3 N–H and O–H groups in total. The molecule has 0 amide bonds. The van der Waals surface area contributed by atoms with Gasteiger partial charge in [-0.2, -0.15) is 22.0 Å². The standard InChI is InChI=1S/C25H17BrF5N2O5PS/c26-20-11-14(1-10-19(20)25(30,31)39(36,37)38)12-33(18-8-6-17(7-9-18)24(27,28)29)23-32-21(13-40-23)15-2-4-16(5-3-15)22(34)35/h1-11,13H,12H2,(H,34,35)(H2,36,37,38). The molecule has 0 atom stereocenters. The lowest BCUT2D eigenvalue weighted by molar-refractivity contribution is -0.137. The van der Waals surface area contributed by atoms with Crippen molar-refractivity contribution in [3.05, 3.63) is 98.8 Å². The van der Waals surface area contributed by atoms with Crippen molar-refractivity contribution in [1.29, 1.82) is 0 Å². The van der Waals surface area contributed by atoms with E-state index in [1.807, 2.05) is 0 Å². The molecule has 0 saturated carbocycles. The molecule has 3 aromatic carbocycles. The average Bonchev–Trinajstić information content (AvgIpc) is 3.36. The highest BCUT2D eigenvalue weighted by molar-refractivity contribution is 9.10. The molecule has 210 valence electrons. The van der Waals surface area contributed by atoms with E-state index >= 15 is 0 Å². The molecule has 0 spiro atoms. The fourth-order valence-electron chi connectivity index (χ4n) is 3.64. The summed E-state index contributed by atoms with van der Waals surface area (Å²) in [7, 11) is -5.82. The first-order valence-corrected chi connectivity index (χ1v) is 14.3. The molecule has 1 aromatic heterocycles. The Morgan fingerprint density at radius 1 is 0.975 bits per heavy atom. The summed E-state index contributed by atoms with van der Waals surface area (Å²) in [6.45, 7) is -0.0589. The summed E-state index contributed by atoms with van der Waals surface area (Å²) in [5.74, 6) is -1.10. The minimum atomic E-state index is -5.82. The minimum absolute atomic E-state index is 0.0589. The number of alkyl halides is 5. The lowest BCUT2D eigenvalue weighted by atomic mass is 10.1. The highest BCUT2D eigenvalue weighted by Crippen LogP contribution is 2.60. The number of carboxylic acid groups (broad SMARTS) is 1. The number of rotatable bonds is 8. The maximum Gasteiger partial charge on any atom is 0.416 e. The quantitative estimate of drug-likeness (QED) is 0.130. The van der Waals surface area contributed by atoms with Gasteiger partial charge in [0.1, 0.15) is 0 Å². The Balaban J connectivity index is 1.72. The van der Waals surface area contributed by atoms with Gasteiger partial charge in [0.15, 0.2) is 5.13 Å². The lowest BCUT2D eigenvalue weighted by Gasteiger charge is -2.24. The molecular weight excluding hydrogens is 646 g/mol. The Morgan fingerprint density at radius 2 is 1.60 bits per heavy atom. The van der Waals surface area contributed by atoms with Crippen molar-refractivity contribution >= 4 is 51.7 Å². The van der Waals surface area contributed by atoms with Crippen LogP contribution in [0.3, 0.4) is 0 Å². The van der Waals surface area contributed by atoms with Crippen molar-refractivity contribution in [2.24, 2.45) is 0 Å². The van der Waals surface area contributed by atoms with Crippen LogP contribution in [0.2, 0.25) is 0 Å². The fraction of sp³-hybridized carbons (Fsp3) is 0.120. The molecular formula is C25H17BrF5N2O5PS. The van der Waals surface area contributed by atoms with Crippen molar-refractivity contribution in [2.75, 3.05) is 4.90 Å². The Kier molecular flexibility index (Phi) is 8.21. The summed E-state index contributed by atoms with van der Waals surface area (Å²) in [6.07, 6.45) is -4.56. The second-order valence-corrected chi connectivity index (χ2v) is 11.8. The Labute approximate surface area is 235 Å². The Bertz CT molecular complexity index is 1590. The summed E-state index contributed by atoms with van der Waals surface area (Å²) in [5.41, 5.74) is -4.44. The maximum absolute atomic E-state index is 14.3. The van der Waals surface area contributed by atoms with E-state index in [1.54, 1.807) is 22.4 Å². The molecule has 0 radical (unpaired) electrons.